The summed E-state index contributed by atoms with van der Waals surface area (Å²) in [5.41, 5.74) is 2.83. The van der Waals surface area contributed by atoms with Gasteiger partial charge in [0.15, 0.2) is 0 Å². The van der Waals surface area contributed by atoms with E-state index in [1.54, 1.807) is 0 Å². The van der Waals surface area contributed by atoms with Crippen LogP contribution in [0.3, 0.4) is 0 Å². The smallest absolute Gasteiger partial charge is 0.319 e. The number of hydrogen-bond acceptors (Lipinski definition) is 3. The van der Waals surface area contributed by atoms with Gasteiger partial charge in [-0.3, -0.25) is 4.90 Å². The first kappa shape index (κ1) is 16.6. The number of anilines is 1. The quantitative estimate of drug-likeness (QED) is 0.677. The lowest BCUT2D eigenvalue weighted by molar-refractivity contribution is 0.153. The highest BCUT2D eigenvalue weighted by Gasteiger charge is 2.30. The number of aromatic amines is 1. The molecule has 1 aliphatic rings. The molecule has 0 unspecified atom stereocenters. The van der Waals surface area contributed by atoms with Gasteiger partial charge < -0.3 is 15.6 Å². The molecule has 2 aromatic carbocycles. The van der Waals surface area contributed by atoms with Crippen molar-refractivity contribution in [3.8, 4) is 0 Å². The maximum atomic E-state index is 12.3. The van der Waals surface area contributed by atoms with Crippen LogP contribution in [0.25, 0.3) is 11.0 Å². The third-order valence-electron chi connectivity index (χ3n) is 4.96. The number of nitrogens with one attached hydrogen (secondary N) is 3. The van der Waals surface area contributed by atoms with Crippen LogP contribution >= 0.6 is 0 Å². The molecule has 3 aromatic rings. The fraction of sp³-hybridized carbons (Fsp3) is 0.300. The third-order valence-corrected chi connectivity index (χ3v) is 4.96. The molecule has 2 heterocycles. The fourth-order valence-corrected chi connectivity index (χ4v) is 3.54. The lowest BCUT2D eigenvalue weighted by atomic mass is 9.97. The summed E-state index contributed by atoms with van der Waals surface area (Å²) in [4.78, 5) is 22.8. The Morgan fingerprint density at radius 1 is 1.15 bits per heavy atom. The summed E-state index contributed by atoms with van der Waals surface area (Å²) < 4.78 is 0. The first-order valence-electron chi connectivity index (χ1n) is 8.96. The minimum absolute atomic E-state index is 0.119. The molecule has 2 amide bonds. The van der Waals surface area contributed by atoms with E-state index >= 15 is 0 Å². The maximum absolute atomic E-state index is 12.3. The van der Waals surface area contributed by atoms with Crippen LogP contribution < -0.4 is 10.6 Å². The molecule has 0 bridgehead atoms. The summed E-state index contributed by atoms with van der Waals surface area (Å²) in [5, 5.41) is 5.99. The molecule has 6 heteroatoms. The first-order valence-corrected chi connectivity index (χ1v) is 8.96. The molecule has 0 aliphatic carbocycles. The number of imidazole rings is 1. The zero-order valence-corrected chi connectivity index (χ0v) is 14.8. The predicted molar refractivity (Wildman–Crippen MR) is 103 cm³/mol. The van der Waals surface area contributed by atoms with Crippen LogP contribution in [0.1, 0.15) is 24.7 Å². The van der Waals surface area contributed by atoms with E-state index in [9.17, 15) is 4.79 Å². The number of para-hydroxylation sites is 3. The Balaban J connectivity index is 1.43. The number of H-pyrrole nitrogens is 1. The SMILES string of the molecule is CN1CC[C@@H](NC(=O)Nc2ccccc2)C[C@@H]1c1nc2ccccc2[nH]1. The van der Waals surface area contributed by atoms with Crippen LogP contribution in [-0.2, 0) is 0 Å². The largest absolute Gasteiger partial charge is 0.341 e. The number of urea groups is 1. The van der Waals surface area contributed by atoms with E-state index in [1.807, 2.05) is 54.6 Å². The Bertz CT molecular complexity index is 858. The lowest BCUT2D eigenvalue weighted by Gasteiger charge is -2.36. The average Bonchev–Trinajstić information content (AvgIpc) is 3.08. The number of rotatable bonds is 3. The second kappa shape index (κ2) is 7.17. The summed E-state index contributed by atoms with van der Waals surface area (Å²) in [5.74, 6) is 0.962. The summed E-state index contributed by atoms with van der Waals surface area (Å²) in [6.07, 6.45) is 1.76. The van der Waals surface area contributed by atoms with E-state index in [-0.39, 0.29) is 18.1 Å². The van der Waals surface area contributed by atoms with Crippen molar-refractivity contribution < 1.29 is 4.79 Å². The topological polar surface area (TPSA) is 73.1 Å². The van der Waals surface area contributed by atoms with E-state index in [0.717, 1.165) is 41.9 Å². The van der Waals surface area contributed by atoms with Gasteiger partial charge in [-0.05, 0) is 44.2 Å². The van der Waals surface area contributed by atoms with E-state index < -0.39 is 0 Å². The molecule has 6 nitrogen and oxygen atoms in total. The minimum atomic E-state index is -0.158. The van der Waals surface area contributed by atoms with Crippen molar-refractivity contribution >= 4 is 22.8 Å². The van der Waals surface area contributed by atoms with Gasteiger partial charge in [0, 0.05) is 18.3 Å². The molecule has 0 radical (unpaired) electrons. The van der Waals surface area contributed by atoms with Gasteiger partial charge in [0.1, 0.15) is 5.82 Å². The number of hydrogen-bond donors (Lipinski definition) is 3. The van der Waals surface area contributed by atoms with E-state index in [4.69, 9.17) is 4.98 Å². The van der Waals surface area contributed by atoms with Crippen LogP contribution in [0.5, 0.6) is 0 Å². The molecule has 1 aliphatic heterocycles. The first-order chi connectivity index (χ1) is 12.7. The van der Waals surface area contributed by atoms with Gasteiger partial charge in [0.25, 0.3) is 0 Å². The molecule has 1 saturated heterocycles. The summed E-state index contributed by atoms with van der Waals surface area (Å²) in [6.45, 7) is 0.915. The normalized spacial score (nSPS) is 20.8. The van der Waals surface area contributed by atoms with Gasteiger partial charge in [-0.1, -0.05) is 30.3 Å². The molecule has 4 rings (SSSR count). The van der Waals surface area contributed by atoms with Crippen molar-refractivity contribution in [2.75, 3.05) is 18.9 Å². The molecule has 0 saturated carbocycles. The Labute approximate surface area is 152 Å². The fourth-order valence-electron chi connectivity index (χ4n) is 3.54. The number of carbonyl (C=O) groups is 1. The van der Waals surface area contributed by atoms with Crippen molar-refractivity contribution in [2.24, 2.45) is 0 Å². The van der Waals surface area contributed by atoms with Crippen LogP contribution in [0.4, 0.5) is 10.5 Å². The second-order valence-electron chi connectivity index (χ2n) is 6.82. The molecule has 26 heavy (non-hydrogen) atoms. The van der Waals surface area contributed by atoms with E-state index in [2.05, 4.69) is 27.6 Å². The molecule has 134 valence electrons. The Morgan fingerprint density at radius 3 is 2.73 bits per heavy atom. The number of aromatic nitrogens is 2. The van der Waals surface area contributed by atoms with Crippen molar-refractivity contribution in [3.05, 3.63) is 60.4 Å². The number of nitrogens with zero attached hydrogens (tertiary/aromatic N) is 2. The standard InChI is InChI=1S/C20H23N5O/c1-25-12-11-15(22-20(26)21-14-7-3-2-4-8-14)13-18(25)19-23-16-9-5-6-10-17(16)24-19/h2-10,15,18H,11-13H2,1H3,(H,23,24)(H2,21,22,26)/t15-,18-/m1/s1. The second-order valence-corrected chi connectivity index (χ2v) is 6.82. The van der Waals surface area contributed by atoms with Crippen molar-refractivity contribution in [3.63, 3.8) is 0 Å². The maximum Gasteiger partial charge on any atom is 0.319 e. The molecule has 1 fully saturated rings. The van der Waals surface area contributed by atoms with Gasteiger partial charge >= 0.3 is 6.03 Å². The predicted octanol–water partition coefficient (Wildman–Crippen LogP) is 3.52. The summed E-state index contributed by atoms with van der Waals surface area (Å²) in [7, 11) is 2.11. The van der Waals surface area contributed by atoms with Crippen LogP contribution in [0.2, 0.25) is 0 Å². The molecule has 2 atom stereocenters. The molecule has 0 spiro atoms. The Kier molecular flexibility index (Phi) is 4.58. The minimum Gasteiger partial charge on any atom is -0.341 e. The zero-order valence-electron chi connectivity index (χ0n) is 14.8. The highest BCUT2D eigenvalue weighted by atomic mass is 16.2. The highest BCUT2D eigenvalue weighted by Crippen LogP contribution is 2.29. The van der Waals surface area contributed by atoms with Gasteiger partial charge in [0.2, 0.25) is 0 Å². The average molecular weight is 349 g/mol. The lowest BCUT2D eigenvalue weighted by Crippen LogP contribution is -2.46. The monoisotopic (exact) mass is 349 g/mol. The van der Waals surface area contributed by atoms with Gasteiger partial charge in [-0.2, -0.15) is 0 Å². The number of amides is 2. The number of piperidine rings is 1. The zero-order chi connectivity index (χ0) is 17.9. The molecular weight excluding hydrogens is 326 g/mol. The molecule has 1 aromatic heterocycles. The Morgan fingerprint density at radius 2 is 1.92 bits per heavy atom. The van der Waals surface area contributed by atoms with Gasteiger partial charge in [0.05, 0.1) is 17.1 Å². The Hall–Kier alpha value is -2.86. The van der Waals surface area contributed by atoms with Crippen molar-refractivity contribution in [1.82, 2.24) is 20.2 Å². The van der Waals surface area contributed by atoms with Crippen LogP contribution in [-0.4, -0.2) is 40.5 Å². The highest BCUT2D eigenvalue weighted by molar-refractivity contribution is 5.89. The molecular formula is C20H23N5O. The van der Waals surface area contributed by atoms with E-state index in [1.165, 1.54) is 0 Å². The summed E-state index contributed by atoms with van der Waals surface area (Å²) >= 11 is 0. The third kappa shape index (κ3) is 3.55. The number of fused-ring (bicyclic) bond motifs is 1. The number of carbonyl (C=O) groups excluding carboxylic acids is 1. The van der Waals surface area contributed by atoms with Gasteiger partial charge in [-0.15, -0.1) is 0 Å². The van der Waals surface area contributed by atoms with Gasteiger partial charge in [-0.25, -0.2) is 9.78 Å². The van der Waals surface area contributed by atoms with Crippen LogP contribution in [0.15, 0.2) is 54.6 Å². The van der Waals surface area contributed by atoms with Crippen molar-refractivity contribution in [2.45, 2.75) is 24.9 Å². The number of likely N-dealkylation sites (tertiary alicyclic amines) is 1. The molecule has 3 N–H and O–H groups in total. The summed E-state index contributed by atoms with van der Waals surface area (Å²) in [6, 6.07) is 17.7. The van der Waals surface area contributed by atoms with Crippen LogP contribution in [0, 0.1) is 0 Å². The van der Waals surface area contributed by atoms with E-state index in [0.29, 0.717) is 0 Å². The van der Waals surface area contributed by atoms with Crippen molar-refractivity contribution in [1.29, 1.82) is 0 Å². The number of benzene rings is 2.